The fourth-order valence-corrected chi connectivity index (χ4v) is 3.91. The zero-order chi connectivity index (χ0) is 22.7. The molecule has 0 unspecified atom stereocenters. The van der Waals surface area contributed by atoms with E-state index in [2.05, 4.69) is 4.98 Å². The van der Waals surface area contributed by atoms with Gasteiger partial charge in [-0.3, -0.25) is 14.5 Å². The van der Waals surface area contributed by atoms with Crippen molar-refractivity contribution in [3.05, 3.63) is 82.8 Å². The Bertz CT molecular complexity index is 1150. The number of ether oxygens (including phenoxy) is 1. The average Bonchev–Trinajstić information content (AvgIpc) is 2.81. The van der Waals surface area contributed by atoms with Gasteiger partial charge in [0.15, 0.2) is 0 Å². The molecule has 0 saturated carbocycles. The lowest BCUT2D eigenvalue weighted by molar-refractivity contribution is -0.119. The van der Waals surface area contributed by atoms with Crippen LogP contribution < -0.4 is 9.64 Å². The second-order valence-electron chi connectivity index (χ2n) is 7.89. The Labute approximate surface area is 187 Å². The van der Waals surface area contributed by atoms with Crippen molar-refractivity contribution in [3.63, 3.8) is 0 Å². The minimum Gasteiger partial charge on any atom is -0.497 e. The van der Waals surface area contributed by atoms with Gasteiger partial charge < -0.3 is 9.64 Å². The minimum atomic E-state index is -0.103. The molecular weight excluding hydrogens is 404 g/mol. The molecule has 0 spiro atoms. The first-order valence-electron chi connectivity index (χ1n) is 10.6. The van der Waals surface area contributed by atoms with Gasteiger partial charge in [0.2, 0.25) is 5.91 Å². The van der Waals surface area contributed by atoms with E-state index in [4.69, 9.17) is 9.72 Å². The van der Waals surface area contributed by atoms with Gasteiger partial charge in [0.05, 0.1) is 20.2 Å². The monoisotopic (exact) mass is 430 g/mol. The molecule has 4 rings (SSSR count). The van der Waals surface area contributed by atoms with E-state index in [-0.39, 0.29) is 18.4 Å². The first kappa shape index (κ1) is 21.5. The minimum absolute atomic E-state index is 0.0260. The fourth-order valence-electron chi connectivity index (χ4n) is 3.91. The van der Waals surface area contributed by atoms with Crippen molar-refractivity contribution in [2.24, 2.45) is 0 Å². The smallest absolute Gasteiger partial charge is 0.254 e. The number of rotatable bonds is 6. The summed E-state index contributed by atoms with van der Waals surface area (Å²) in [6.45, 7) is 2.59. The number of carbonyl (C=O) groups is 2. The van der Waals surface area contributed by atoms with Crippen LogP contribution in [0.2, 0.25) is 0 Å². The number of carbonyl (C=O) groups excluding carboxylic acids is 2. The molecule has 7 nitrogen and oxygen atoms in total. The highest BCUT2D eigenvalue weighted by atomic mass is 16.5. The van der Waals surface area contributed by atoms with Crippen LogP contribution in [-0.4, -0.2) is 40.8 Å². The third kappa shape index (κ3) is 4.46. The lowest BCUT2D eigenvalue weighted by Gasteiger charge is -2.30. The molecule has 0 saturated heterocycles. The van der Waals surface area contributed by atoms with Crippen LogP contribution in [0.3, 0.4) is 0 Å². The van der Waals surface area contributed by atoms with Crippen LogP contribution in [0, 0.1) is 6.92 Å². The Morgan fingerprint density at radius 1 is 1.09 bits per heavy atom. The highest BCUT2D eigenvalue weighted by molar-refractivity contribution is 5.95. The van der Waals surface area contributed by atoms with Gasteiger partial charge >= 0.3 is 0 Å². The Morgan fingerprint density at radius 2 is 1.88 bits per heavy atom. The van der Waals surface area contributed by atoms with E-state index in [0.717, 1.165) is 22.6 Å². The van der Waals surface area contributed by atoms with Crippen LogP contribution in [0.15, 0.2) is 54.6 Å². The van der Waals surface area contributed by atoms with E-state index < -0.39 is 0 Å². The van der Waals surface area contributed by atoms with Gasteiger partial charge in [0.25, 0.3) is 5.91 Å². The van der Waals surface area contributed by atoms with Crippen LogP contribution in [0.1, 0.15) is 39.4 Å². The van der Waals surface area contributed by atoms with E-state index in [1.54, 1.807) is 36.1 Å². The van der Waals surface area contributed by atoms with Gasteiger partial charge in [-0.25, -0.2) is 9.97 Å². The lowest BCUT2D eigenvalue weighted by Crippen LogP contribution is -2.36. The summed E-state index contributed by atoms with van der Waals surface area (Å²) >= 11 is 0. The van der Waals surface area contributed by atoms with Crippen LogP contribution >= 0.6 is 0 Å². The predicted octanol–water partition coefficient (Wildman–Crippen LogP) is 3.55. The zero-order valence-corrected chi connectivity index (χ0v) is 18.5. The number of hydrogen-bond acceptors (Lipinski definition) is 5. The quantitative estimate of drug-likeness (QED) is 0.598. The molecule has 1 aromatic heterocycles. The van der Waals surface area contributed by atoms with Crippen LogP contribution in [0.4, 0.5) is 5.82 Å². The molecule has 2 heterocycles. The van der Waals surface area contributed by atoms with Crippen LogP contribution in [0.5, 0.6) is 5.75 Å². The maximum atomic E-state index is 12.8. The molecule has 0 bridgehead atoms. The van der Waals surface area contributed by atoms with Crippen molar-refractivity contribution in [1.82, 2.24) is 14.9 Å². The number of amides is 2. The Kier molecular flexibility index (Phi) is 6.16. The summed E-state index contributed by atoms with van der Waals surface area (Å²) in [6, 6.07) is 16.8. The number of hydrogen-bond donors (Lipinski definition) is 0. The topological polar surface area (TPSA) is 75.6 Å². The van der Waals surface area contributed by atoms with Gasteiger partial charge in [0.1, 0.15) is 17.4 Å². The molecule has 32 heavy (non-hydrogen) atoms. The molecule has 2 amide bonds. The lowest BCUT2D eigenvalue weighted by atomic mass is 10.0. The first-order valence-corrected chi connectivity index (χ1v) is 10.6. The number of nitrogens with zero attached hydrogens (tertiary/aromatic N) is 4. The second kappa shape index (κ2) is 9.18. The molecule has 0 atom stereocenters. The molecule has 1 aliphatic rings. The third-order valence-electron chi connectivity index (χ3n) is 5.60. The number of benzene rings is 2. The normalized spacial score (nSPS) is 13.0. The number of anilines is 1. The van der Waals surface area contributed by atoms with Gasteiger partial charge in [0, 0.05) is 30.3 Å². The summed E-state index contributed by atoms with van der Waals surface area (Å²) in [5.74, 6) is 1.81. The molecule has 0 radical (unpaired) electrons. The highest BCUT2D eigenvalue weighted by Gasteiger charge is 2.28. The van der Waals surface area contributed by atoms with Gasteiger partial charge in [-0.05, 0) is 43.2 Å². The standard InChI is InChI=1S/C25H26N4O3/c1-17-21-12-13-23(30)29(15-18-8-7-11-20(14-18)32-3)24(21)27-22(26-17)16-28(2)25(31)19-9-5-4-6-10-19/h4-11,14H,12-13,15-16H2,1-3H3. The summed E-state index contributed by atoms with van der Waals surface area (Å²) in [6.07, 6.45) is 1.04. The van der Waals surface area contributed by atoms with Gasteiger partial charge in [-0.2, -0.15) is 0 Å². The Hall–Kier alpha value is -3.74. The summed E-state index contributed by atoms with van der Waals surface area (Å²) in [4.78, 5) is 38.2. The van der Waals surface area contributed by atoms with Crippen molar-refractivity contribution >= 4 is 17.6 Å². The molecule has 3 aromatic rings. The number of fused-ring (bicyclic) bond motifs is 1. The first-order chi connectivity index (χ1) is 15.5. The number of aromatic nitrogens is 2. The molecule has 0 aliphatic carbocycles. The van der Waals surface area contributed by atoms with E-state index >= 15 is 0 Å². The molecule has 2 aromatic carbocycles. The summed E-state index contributed by atoms with van der Waals surface area (Å²) in [5, 5.41) is 0. The molecule has 164 valence electrons. The molecule has 1 aliphatic heterocycles. The van der Waals surface area contributed by atoms with Crippen molar-refractivity contribution in [2.45, 2.75) is 32.9 Å². The van der Waals surface area contributed by atoms with Gasteiger partial charge in [-0.1, -0.05) is 30.3 Å². The third-order valence-corrected chi connectivity index (χ3v) is 5.60. The fraction of sp³-hybridized carbons (Fsp3) is 0.280. The van der Waals surface area contributed by atoms with E-state index in [1.165, 1.54) is 0 Å². The van der Waals surface area contributed by atoms with Crippen LogP contribution in [-0.2, 0) is 24.3 Å². The molecule has 0 N–H and O–H groups in total. The SMILES string of the molecule is COc1cccc(CN2C(=O)CCc3c(C)nc(CN(C)C(=O)c4ccccc4)nc32)c1. The van der Waals surface area contributed by atoms with Crippen molar-refractivity contribution in [1.29, 1.82) is 0 Å². The maximum Gasteiger partial charge on any atom is 0.254 e. The van der Waals surface area contributed by atoms with Gasteiger partial charge in [-0.15, -0.1) is 0 Å². The largest absolute Gasteiger partial charge is 0.497 e. The zero-order valence-electron chi connectivity index (χ0n) is 18.5. The Balaban J connectivity index is 1.61. The van der Waals surface area contributed by atoms with Crippen molar-refractivity contribution in [3.8, 4) is 5.75 Å². The highest BCUT2D eigenvalue weighted by Crippen LogP contribution is 2.30. The second-order valence-corrected chi connectivity index (χ2v) is 7.89. The average molecular weight is 431 g/mol. The molecule has 0 fully saturated rings. The summed E-state index contributed by atoms with van der Waals surface area (Å²) < 4.78 is 5.31. The predicted molar refractivity (Wildman–Crippen MR) is 122 cm³/mol. The summed E-state index contributed by atoms with van der Waals surface area (Å²) in [7, 11) is 3.35. The van der Waals surface area contributed by atoms with E-state index in [9.17, 15) is 9.59 Å². The Morgan fingerprint density at radius 3 is 2.62 bits per heavy atom. The molecule has 7 heteroatoms. The molecular formula is C25H26N4O3. The van der Waals surface area contributed by atoms with Crippen molar-refractivity contribution < 1.29 is 14.3 Å². The number of aryl methyl sites for hydroxylation is 1. The van der Waals surface area contributed by atoms with Crippen molar-refractivity contribution in [2.75, 3.05) is 19.1 Å². The van der Waals surface area contributed by atoms with E-state index in [1.807, 2.05) is 49.4 Å². The summed E-state index contributed by atoms with van der Waals surface area (Å²) in [5.41, 5.74) is 3.39. The maximum absolute atomic E-state index is 12.8. The number of methoxy groups -OCH3 is 1. The van der Waals surface area contributed by atoms with E-state index in [0.29, 0.717) is 36.6 Å². The van der Waals surface area contributed by atoms with Crippen LogP contribution in [0.25, 0.3) is 0 Å².